The van der Waals surface area contributed by atoms with E-state index in [-0.39, 0.29) is 18.4 Å². The van der Waals surface area contributed by atoms with Crippen LogP contribution in [0.3, 0.4) is 0 Å². The summed E-state index contributed by atoms with van der Waals surface area (Å²) in [6, 6.07) is 2.06. The van der Waals surface area contributed by atoms with Gasteiger partial charge in [0.05, 0.1) is 18.5 Å². The summed E-state index contributed by atoms with van der Waals surface area (Å²) in [5.74, 6) is 0.272. The predicted molar refractivity (Wildman–Crippen MR) is 92.6 cm³/mol. The van der Waals surface area contributed by atoms with E-state index in [0.717, 1.165) is 26.2 Å². The number of ether oxygens (including phenoxy) is 1. The highest BCUT2D eigenvalue weighted by atomic mass is 16.5. The summed E-state index contributed by atoms with van der Waals surface area (Å²) >= 11 is 0. The molecule has 0 unspecified atom stereocenters. The summed E-state index contributed by atoms with van der Waals surface area (Å²) in [6.45, 7) is 4.06. The van der Waals surface area contributed by atoms with Crippen LogP contribution >= 0.6 is 0 Å². The molecule has 3 heterocycles. The molecule has 1 atom stereocenters. The summed E-state index contributed by atoms with van der Waals surface area (Å²) < 4.78 is 9.54. The number of rotatable bonds is 6. The smallest absolute Gasteiger partial charge is 0.248 e. The molecule has 8 heteroatoms. The quantitative estimate of drug-likeness (QED) is 0.755. The van der Waals surface area contributed by atoms with E-state index >= 15 is 0 Å². The number of likely N-dealkylation sites (N-methyl/N-ethyl adjacent to an activating group) is 1. The summed E-state index contributed by atoms with van der Waals surface area (Å²) in [6.07, 6.45) is 5.79. The highest BCUT2D eigenvalue weighted by molar-refractivity contribution is 5.76. The minimum Gasteiger partial charge on any atom is -0.371 e. The van der Waals surface area contributed by atoms with Crippen LogP contribution in [-0.4, -0.2) is 69.1 Å². The Morgan fingerprint density at radius 1 is 1.36 bits per heavy atom. The van der Waals surface area contributed by atoms with Crippen molar-refractivity contribution < 1.29 is 9.53 Å². The lowest BCUT2D eigenvalue weighted by molar-refractivity contribution is -0.134. The molecule has 8 nitrogen and oxygen atoms in total. The van der Waals surface area contributed by atoms with Gasteiger partial charge >= 0.3 is 0 Å². The summed E-state index contributed by atoms with van der Waals surface area (Å²) in [5.41, 5.74) is 2.40. The molecule has 0 bridgehead atoms. The lowest BCUT2D eigenvalue weighted by Crippen LogP contribution is -2.32. The number of carbonyl (C=O) groups excluding carboxylic acids is 1. The molecule has 2 aromatic heterocycles. The fraction of sp³-hybridized carbons (Fsp3) is 0.588. The van der Waals surface area contributed by atoms with Gasteiger partial charge in [0.1, 0.15) is 6.61 Å². The van der Waals surface area contributed by atoms with Gasteiger partial charge in [0.15, 0.2) is 0 Å². The maximum atomic E-state index is 11.7. The van der Waals surface area contributed by atoms with Crippen molar-refractivity contribution in [3.05, 3.63) is 35.9 Å². The van der Waals surface area contributed by atoms with Crippen molar-refractivity contribution in [3.63, 3.8) is 0 Å². The molecular weight excluding hydrogens is 320 g/mol. The lowest BCUT2D eigenvalue weighted by atomic mass is 10.1. The molecule has 0 saturated carbocycles. The fourth-order valence-corrected chi connectivity index (χ4v) is 3.10. The van der Waals surface area contributed by atoms with Crippen LogP contribution in [0.2, 0.25) is 0 Å². The second kappa shape index (κ2) is 7.79. The molecule has 0 fully saturated rings. The van der Waals surface area contributed by atoms with Crippen LogP contribution in [0.1, 0.15) is 11.3 Å². The number of nitrogens with zero attached hydrogens (tertiary/aromatic N) is 6. The van der Waals surface area contributed by atoms with Crippen LogP contribution < -0.4 is 0 Å². The molecule has 0 N–H and O–H groups in total. The molecule has 2 aromatic rings. The number of amides is 1. The van der Waals surface area contributed by atoms with Gasteiger partial charge in [-0.3, -0.25) is 19.1 Å². The number of hydrogen-bond acceptors (Lipinski definition) is 5. The Hall–Kier alpha value is -2.19. The predicted octanol–water partition coefficient (Wildman–Crippen LogP) is 0.353. The van der Waals surface area contributed by atoms with Gasteiger partial charge in [0, 0.05) is 71.2 Å². The van der Waals surface area contributed by atoms with E-state index < -0.39 is 0 Å². The molecule has 1 aliphatic rings. The Morgan fingerprint density at radius 2 is 2.20 bits per heavy atom. The summed E-state index contributed by atoms with van der Waals surface area (Å²) in [5, 5.41) is 8.68. The zero-order valence-electron chi connectivity index (χ0n) is 15.1. The monoisotopic (exact) mass is 346 g/mol. The first-order chi connectivity index (χ1) is 12.0. The van der Waals surface area contributed by atoms with Gasteiger partial charge in [0.2, 0.25) is 5.91 Å². The van der Waals surface area contributed by atoms with Crippen LogP contribution in [0, 0.1) is 5.92 Å². The maximum Gasteiger partial charge on any atom is 0.248 e. The van der Waals surface area contributed by atoms with Crippen LogP contribution in [0.15, 0.2) is 24.7 Å². The zero-order chi connectivity index (χ0) is 17.8. The first-order valence-electron chi connectivity index (χ1n) is 8.49. The third-order valence-corrected chi connectivity index (χ3v) is 4.38. The first-order valence-corrected chi connectivity index (χ1v) is 8.49. The van der Waals surface area contributed by atoms with Crippen molar-refractivity contribution in [2.75, 3.05) is 33.9 Å². The van der Waals surface area contributed by atoms with E-state index in [1.807, 2.05) is 35.0 Å². The molecule has 1 amide bonds. The minimum absolute atomic E-state index is 0.0133. The van der Waals surface area contributed by atoms with Gasteiger partial charge in [-0.25, -0.2) is 0 Å². The highest BCUT2D eigenvalue weighted by Gasteiger charge is 2.23. The normalized spacial score (nSPS) is 18.0. The lowest BCUT2D eigenvalue weighted by Gasteiger charge is -2.23. The van der Waals surface area contributed by atoms with E-state index in [1.165, 1.54) is 11.3 Å². The molecule has 0 spiro atoms. The highest BCUT2D eigenvalue weighted by Crippen LogP contribution is 2.18. The molecule has 136 valence electrons. The molecule has 0 aliphatic carbocycles. The third kappa shape index (κ3) is 4.67. The van der Waals surface area contributed by atoms with E-state index in [1.54, 1.807) is 19.0 Å². The van der Waals surface area contributed by atoms with Gasteiger partial charge in [-0.1, -0.05) is 0 Å². The van der Waals surface area contributed by atoms with Gasteiger partial charge < -0.3 is 9.64 Å². The van der Waals surface area contributed by atoms with Crippen LogP contribution in [0.25, 0.3) is 0 Å². The van der Waals surface area contributed by atoms with Crippen molar-refractivity contribution in [3.8, 4) is 0 Å². The molecule has 3 rings (SSSR count). The molecule has 0 radical (unpaired) electrons. The Bertz CT molecular complexity index is 708. The molecule has 25 heavy (non-hydrogen) atoms. The Morgan fingerprint density at radius 3 is 2.92 bits per heavy atom. The summed E-state index contributed by atoms with van der Waals surface area (Å²) in [7, 11) is 5.41. The minimum atomic E-state index is -0.0133. The van der Waals surface area contributed by atoms with Gasteiger partial charge in [-0.05, 0) is 6.07 Å². The first kappa shape index (κ1) is 17.6. The topological polar surface area (TPSA) is 68.4 Å². The molecular formula is C17H26N6O2. The van der Waals surface area contributed by atoms with E-state index in [2.05, 4.69) is 21.2 Å². The van der Waals surface area contributed by atoms with Gasteiger partial charge in [0.25, 0.3) is 0 Å². The fourth-order valence-electron chi connectivity index (χ4n) is 3.10. The standard InChI is InChI=1S/C17H26N6O2/c1-20(2)17(24)13-25-12-15-9-22(8-14-6-19-21(3)7-14)11-16-4-5-18-23(16)10-15/h4-7,15H,8-13H2,1-3H3/t15-/m0/s1. The largest absolute Gasteiger partial charge is 0.371 e. The molecule has 1 aliphatic heterocycles. The Labute approximate surface area is 148 Å². The van der Waals surface area contributed by atoms with E-state index in [0.29, 0.717) is 6.61 Å². The maximum absolute atomic E-state index is 11.7. The number of hydrogen-bond donors (Lipinski definition) is 0. The SMILES string of the molecule is CN(C)C(=O)COC[C@H]1CN(Cc2cnn(C)c2)Cc2ccnn2C1. The number of aryl methyl sites for hydroxylation is 1. The average molecular weight is 346 g/mol. The number of aromatic nitrogens is 4. The van der Waals surface area contributed by atoms with Crippen LogP contribution in [0.4, 0.5) is 0 Å². The second-order valence-electron chi connectivity index (χ2n) is 6.87. The van der Waals surface area contributed by atoms with Crippen molar-refractivity contribution in [2.45, 2.75) is 19.6 Å². The van der Waals surface area contributed by atoms with Crippen molar-refractivity contribution >= 4 is 5.91 Å². The number of fused-ring (bicyclic) bond motifs is 1. The number of carbonyl (C=O) groups is 1. The van der Waals surface area contributed by atoms with E-state index in [4.69, 9.17) is 4.74 Å². The Kier molecular flexibility index (Phi) is 5.50. The zero-order valence-corrected chi connectivity index (χ0v) is 15.1. The van der Waals surface area contributed by atoms with Gasteiger partial charge in [-0.2, -0.15) is 10.2 Å². The Balaban J connectivity index is 1.63. The second-order valence-corrected chi connectivity index (χ2v) is 6.87. The van der Waals surface area contributed by atoms with Crippen LogP contribution in [0.5, 0.6) is 0 Å². The van der Waals surface area contributed by atoms with Crippen molar-refractivity contribution in [1.82, 2.24) is 29.4 Å². The van der Waals surface area contributed by atoms with E-state index in [9.17, 15) is 4.79 Å². The summed E-state index contributed by atoms with van der Waals surface area (Å²) in [4.78, 5) is 15.6. The van der Waals surface area contributed by atoms with Gasteiger partial charge in [-0.15, -0.1) is 0 Å². The van der Waals surface area contributed by atoms with Crippen molar-refractivity contribution in [2.24, 2.45) is 13.0 Å². The van der Waals surface area contributed by atoms with Crippen molar-refractivity contribution in [1.29, 1.82) is 0 Å². The molecule has 0 aromatic carbocycles. The average Bonchev–Trinajstić information content (AvgIpc) is 3.12. The third-order valence-electron chi connectivity index (χ3n) is 4.38. The van der Waals surface area contributed by atoms with Crippen LogP contribution in [-0.2, 0) is 36.2 Å². The molecule has 0 saturated heterocycles.